The summed E-state index contributed by atoms with van der Waals surface area (Å²) in [5.41, 5.74) is 1.53. The molecule has 0 atom stereocenters. The Morgan fingerprint density at radius 1 is 1.10 bits per heavy atom. The van der Waals surface area contributed by atoms with Gasteiger partial charge in [-0.25, -0.2) is 9.59 Å². The number of hydrogen-bond donors (Lipinski definition) is 0. The number of carbonyl (C=O) groups is 2. The van der Waals surface area contributed by atoms with Crippen LogP contribution in [0.2, 0.25) is 5.02 Å². The zero-order valence-corrected chi connectivity index (χ0v) is 12.6. The molecule has 2 rings (SSSR count). The molecule has 110 valence electrons. The zero-order chi connectivity index (χ0) is 15.6. The van der Waals surface area contributed by atoms with E-state index >= 15 is 0 Å². The summed E-state index contributed by atoms with van der Waals surface area (Å²) in [6.07, 6.45) is 1.52. The van der Waals surface area contributed by atoms with Gasteiger partial charge in [-0.1, -0.05) is 23.7 Å². The van der Waals surface area contributed by atoms with Crippen molar-refractivity contribution < 1.29 is 19.1 Å². The molecule has 0 aliphatic carbocycles. The fourth-order valence-electron chi connectivity index (χ4n) is 2.13. The average molecular weight is 308 g/mol. The molecule has 0 aliphatic rings. The monoisotopic (exact) mass is 307 g/mol. The van der Waals surface area contributed by atoms with Gasteiger partial charge in [-0.2, -0.15) is 0 Å². The normalized spacial score (nSPS) is 10.3. The standard InChI is InChI=1S/C15H14ClNO4/c1-9-13(15(19)21-3)10(14(18)20-2)8-17(9)12-7-5-4-6-11(12)16/h4-8H,1-3H3. The fourth-order valence-corrected chi connectivity index (χ4v) is 2.35. The van der Waals surface area contributed by atoms with Crippen molar-refractivity contribution in [1.82, 2.24) is 4.57 Å². The van der Waals surface area contributed by atoms with Crippen molar-refractivity contribution in [2.24, 2.45) is 0 Å². The summed E-state index contributed by atoms with van der Waals surface area (Å²) in [6, 6.07) is 7.13. The third-order valence-electron chi connectivity index (χ3n) is 3.16. The van der Waals surface area contributed by atoms with Crippen molar-refractivity contribution in [1.29, 1.82) is 0 Å². The zero-order valence-electron chi connectivity index (χ0n) is 11.8. The number of nitrogens with zero attached hydrogens (tertiary/aromatic N) is 1. The Balaban J connectivity index is 2.70. The first-order valence-electron chi connectivity index (χ1n) is 6.14. The van der Waals surface area contributed by atoms with Crippen LogP contribution in [0.5, 0.6) is 0 Å². The van der Waals surface area contributed by atoms with Crippen LogP contribution < -0.4 is 0 Å². The summed E-state index contributed by atoms with van der Waals surface area (Å²) in [6.45, 7) is 1.71. The van der Waals surface area contributed by atoms with Crippen molar-refractivity contribution >= 4 is 23.5 Å². The van der Waals surface area contributed by atoms with Gasteiger partial charge in [-0.15, -0.1) is 0 Å². The quantitative estimate of drug-likeness (QED) is 0.818. The minimum absolute atomic E-state index is 0.141. The summed E-state index contributed by atoms with van der Waals surface area (Å²) < 4.78 is 11.1. The number of methoxy groups -OCH3 is 2. The van der Waals surface area contributed by atoms with E-state index in [4.69, 9.17) is 21.1 Å². The highest BCUT2D eigenvalue weighted by atomic mass is 35.5. The van der Waals surface area contributed by atoms with Crippen LogP contribution in [0.4, 0.5) is 0 Å². The number of esters is 2. The lowest BCUT2D eigenvalue weighted by atomic mass is 10.1. The Hall–Kier alpha value is -2.27. The number of halogens is 1. The molecule has 1 aromatic carbocycles. The first-order valence-corrected chi connectivity index (χ1v) is 6.52. The molecule has 0 aliphatic heterocycles. The lowest BCUT2D eigenvalue weighted by molar-refractivity contribution is 0.0556. The second kappa shape index (κ2) is 6.01. The van der Waals surface area contributed by atoms with E-state index in [0.717, 1.165) is 0 Å². The minimum atomic E-state index is -0.607. The summed E-state index contributed by atoms with van der Waals surface area (Å²) in [4.78, 5) is 23.8. The van der Waals surface area contributed by atoms with Crippen LogP contribution in [-0.4, -0.2) is 30.7 Å². The van der Waals surface area contributed by atoms with Gasteiger partial charge in [0.15, 0.2) is 0 Å². The van der Waals surface area contributed by atoms with Gasteiger partial charge in [0, 0.05) is 11.9 Å². The predicted molar refractivity (Wildman–Crippen MR) is 78.2 cm³/mol. The molecule has 5 nitrogen and oxygen atoms in total. The van der Waals surface area contributed by atoms with E-state index in [1.165, 1.54) is 20.4 Å². The molecule has 0 unspecified atom stereocenters. The van der Waals surface area contributed by atoms with E-state index in [1.54, 1.807) is 29.7 Å². The largest absolute Gasteiger partial charge is 0.465 e. The highest BCUT2D eigenvalue weighted by molar-refractivity contribution is 6.32. The maximum atomic E-state index is 11.9. The molecule has 0 fully saturated rings. The van der Waals surface area contributed by atoms with Gasteiger partial charge in [-0.05, 0) is 19.1 Å². The van der Waals surface area contributed by atoms with Crippen LogP contribution in [0.15, 0.2) is 30.5 Å². The average Bonchev–Trinajstić information content (AvgIpc) is 2.83. The number of benzene rings is 1. The van der Waals surface area contributed by atoms with Crippen LogP contribution in [0.25, 0.3) is 5.69 Å². The van der Waals surface area contributed by atoms with Gasteiger partial charge in [0.05, 0.1) is 36.1 Å². The van der Waals surface area contributed by atoms with Gasteiger partial charge < -0.3 is 14.0 Å². The SMILES string of the molecule is COC(=O)c1cn(-c2ccccc2Cl)c(C)c1C(=O)OC. The number of ether oxygens (including phenoxy) is 2. The molecule has 1 heterocycles. The van der Waals surface area contributed by atoms with E-state index in [1.807, 2.05) is 6.07 Å². The third kappa shape index (κ3) is 2.64. The predicted octanol–water partition coefficient (Wildman–Crippen LogP) is 3.01. The number of rotatable bonds is 3. The van der Waals surface area contributed by atoms with Crippen LogP contribution in [0.3, 0.4) is 0 Å². The van der Waals surface area contributed by atoms with Gasteiger partial charge >= 0.3 is 11.9 Å². The van der Waals surface area contributed by atoms with Crippen molar-refractivity contribution in [2.45, 2.75) is 6.92 Å². The topological polar surface area (TPSA) is 57.5 Å². The summed E-state index contributed by atoms with van der Waals surface area (Å²) in [5, 5.41) is 0.503. The molecule has 1 aromatic heterocycles. The molecule has 21 heavy (non-hydrogen) atoms. The van der Waals surface area contributed by atoms with E-state index in [9.17, 15) is 9.59 Å². The van der Waals surface area contributed by atoms with Crippen molar-refractivity contribution in [3.05, 3.63) is 52.3 Å². The molecular formula is C15H14ClNO4. The maximum Gasteiger partial charge on any atom is 0.340 e. The Bertz CT molecular complexity index is 706. The smallest absolute Gasteiger partial charge is 0.340 e. The molecule has 0 saturated carbocycles. The highest BCUT2D eigenvalue weighted by Crippen LogP contribution is 2.27. The maximum absolute atomic E-state index is 11.9. The molecule has 0 spiro atoms. The molecule has 0 amide bonds. The van der Waals surface area contributed by atoms with E-state index in [0.29, 0.717) is 16.4 Å². The van der Waals surface area contributed by atoms with Gasteiger partial charge in [-0.3, -0.25) is 0 Å². The second-order valence-corrected chi connectivity index (χ2v) is 4.71. The van der Waals surface area contributed by atoms with E-state index in [-0.39, 0.29) is 11.1 Å². The Morgan fingerprint density at radius 3 is 2.29 bits per heavy atom. The number of aromatic nitrogens is 1. The molecule has 0 bridgehead atoms. The fraction of sp³-hybridized carbons (Fsp3) is 0.200. The Labute approximate surface area is 127 Å². The minimum Gasteiger partial charge on any atom is -0.465 e. The Kier molecular flexibility index (Phi) is 4.33. The van der Waals surface area contributed by atoms with Crippen LogP contribution in [0, 0.1) is 6.92 Å². The van der Waals surface area contributed by atoms with Gasteiger partial charge in [0.1, 0.15) is 0 Å². The van der Waals surface area contributed by atoms with Crippen LogP contribution in [-0.2, 0) is 9.47 Å². The van der Waals surface area contributed by atoms with Gasteiger partial charge in [0.2, 0.25) is 0 Å². The van der Waals surface area contributed by atoms with Crippen molar-refractivity contribution in [2.75, 3.05) is 14.2 Å². The molecule has 0 saturated heterocycles. The Morgan fingerprint density at radius 2 is 1.71 bits per heavy atom. The number of para-hydroxylation sites is 1. The number of hydrogen-bond acceptors (Lipinski definition) is 4. The molecule has 6 heteroatoms. The molecule has 2 aromatic rings. The lowest BCUT2D eigenvalue weighted by Crippen LogP contribution is -2.10. The van der Waals surface area contributed by atoms with Crippen molar-refractivity contribution in [3.63, 3.8) is 0 Å². The first-order chi connectivity index (χ1) is 10.0. The first kappa shape index (κ1) is 15.1. The summed E-state index contributed by atoms with van der Waals surface area (Å²) in [7, 11) is 2.52. The second-order valence-electron chi connectivity index (χ2n) is 4.31. The lowest BCUT2D eigenvalue weighted by Gasteiger charge is -2.08. The molecule has 0 N–H and O–H groups in total. The van der Waals surface area contributed by atoms with Crippen LogP contribution >= 0.6 is 11.6 Å². The van der Waals surface area contributed by atoms with Crippen LogP contribution in [0.1, 0.15) is 26.4 Å². The summed E-state index contributed by atoms with van der Waals surface area (Å²) >= 11 is 6.17. The highest BCUT2D eigenvalue weighted by Gasteiger charge is 2.26. The van der Waals surface area contributed by atoms with Crippen molar-refractivity contribution in [3.8, 4) is 5.69 Å². The van der Waals surface area contributed by atoms with E-state index in [2.05, 4.69) is 0 Å². The number of carbonyl (C=O) groups excluding carboxylic acids is 2. The third-order valence-corrected chi connectivity index (χ3v) is 3.48. The molecule has 0 radical (unpaired) electrons. The molecular weight excluding hydrogens is 294 g/mol. The van der Waals surface area contributed by atoms with E-state index < -0.39 is 11.9 Å². The van der Waals surface area contributed by atoms with Gasteiger partial charge in [0.25, 0.3) is 0 Å². The summed E-state index contributed by atoms with van der Waals surface area (Å²) in [5.74, 6) is -1.21.